The summed E-state index contributed by atoms with van der Waals surface area (Å²) >= 11 is 0. The van der Waals surface area contributed by atoms with Crippen molar-refractivity contribution < 1.29 is 14.3 Å². The van der Waals surface area contributed by atoms with Crippen molar-refractivity contribution in [2.75, 3.05) is 13.7 Å². The van der Waals surface area contributed by atoms with Crippen LogP contribution in [0.5, 0.6) is 5.88 Å². The zero-order valence-electron chi connectivity index (χ0n) is 13.9. The fourth-order valence-corrected chi connectivity index (χ4v) is 2.36. The van der Waals surface area contributed by atoms with Crippen molar-refractivity contribution in [2.45, 2.75) is 6.54 Å². The number of imidazole rings is 1. The van der Waals surface area contributed by atoms with E-state index in [2.05, 4.69) is 25.7 Å². The van der Waals surface area contributed by atoms with Crippen molar-refractivity contribution >= 4 is 22.8 Å². The highest BCUT2D eigenvalue weighted by atomic mass is 16.5. The fourth-order valence-electron chi connectivity index (χ4n) is 2.36. The average Bonchev–Trinajstić information content (AvgIpc) is 3.20. The van der Waals surface area contributed by atoms with Gasteiger partial charge in [-0.3, -0.25) is 14.3 Å². The predicted octanol–water partition coefficient (Wildman–Crippen LogP) is 0.351. The lowest BCUT2D eigenvalue weighted by Gasteiger charge is -2.05. The molecule has 3 N–H and O–H groups in total. The second-order valence-electron chi connectivity index (χ2n) is 5.39. The van der Waals surface area contributed by atoms with Crippen LogP contribution in [-0.2, 0) is 18.4 Å². The number of aromatic amines is 1. The number of rotatable bonds is 6. The van der Waals surface area contributed by atoms with E-state index < -0.39 is 5.91 Å². The standard InChI is InChI=1S/C16H18N6O3/c1-22-9-10(16(21-22)25-2)15(24)18-8-14(23)17-7-13-19-11-5-3-4-6-12(11)20-13/h3-6,9H,7-8H2,1-2H3,(H,17,23)(H,18,24)(H,19,20). The largest absolute Gasteiger partial charge is 0.479 e. The van der Waals surface area contributed by atoms with Gasteiger partial charge in [-0.2, -0.15) is 0 Å². The Morgan fingerprint density at radius 2 is 2.08 bits per heavy atom. The number of nitrogens with one attached hydrogen (secondary N) is 3. The Morgan fingerprint density at radius 1 is 1.28 bits per heavy atom. The molecule has 1 aromatic carbocycles. The number of ether oxygens (including phenoxy) is 1. The van der Waals surface area contributed by atoms with E-state index in [1.807, 2.05) is 24.3 Å². The molecule has 0 aliphatic carbocycles. The number of aryl methyl sites for hydroxylation is 1. The lowest BCUT2D eigenvalue weighted by molar-refractivity contribution is -0.120. The zero-order valence-corrected chi connectivity index (χ0v) is 13.9. The van der Waals surface area contributed by atoms with Crippen molar-refractivity contribution in [2.24, 2.45) is 7.05 Å². The Kier molecular flexibility index (Phi) is 4.64. The third-order valence-corrected chi connectivity index (χ3v) is 3.53. The number of hydrogen-bond acceptors (Lipinski definition) is 5. The summed E-state index contributed by atoms with van der Waals surface area (Å²) in [6.45, 7) is 0.0940. The van der Waals surface area contributed by atoms with E-state index in [0.717, 1.165) is 11.0 Å². The average molecular weight is 342 g/mol. The van der Waals surface area contributed by atoms with E-state index in [4.69, 9.17) is 4.74 Å². The minimum Gasteiger partial charge on any atom is -0.479 e. The molecule has 2 heterocycles. The van der Waals surface area contributed by atoms with Gasteiger partial charge in [0.25, 0.3) is 5.91 Å². The van der Waals surface area contributed by atoms with E-state index >= 15 is 0 Å². The van der Waals surface area contributed by atoms with Gasteiger partial charge >= 0.3 is 0 Å². The first-order chi connectivity index (χ1) is 12.1. The maximum Gasteiger partial charge on any atom is 0.258 e. The molecule has 3 rings (SSSR count). The van der Waals surface area contributed by atoms with Crippen LogP contribution in [0.3, 0.4) is 0 Å². The molecule has 3 aromatic rings. The van der Waals surface area contributed by atoms with Gasteiger partial charge in [-0.1, -0.05) is 12.1 Å². The number of nitrogens with zero attached hydrogens (tertiary/aromatic N) is 3. The van der Waals surface area contributed by atoms with Crippen LogP contribution in [0.1, 0.15) is 16.2 Å². The fraction of sp³-hybridized carbons (Fsp3) is 0.250. The summed E-state index contributed by atoms with van der Waals surface area (Å²) in [5.41, 5.74) is 2.02. The first-order valence-corrected chi connectivity index (χ1v) is 7.63. The third kappa shape index (κ3) is 3.77. The van der Waals surface area contributed by atoms with Crippen LogP contribution in [-0.4, -0.2) is 45.2 Å². The maximum atomic E-state index is 12.1. The predicted molar refractivity (Wildman–Crippen MR) is 90.0 cm³/mol. The number of aromatic nitrogens is 4. The number of H-pyrrole nitrogens is 1. The number of fused-ring (bicyclic) bond motifs is 1. The number of benzene rings is 1. The number of carbonyl (C=O) groups excluding carboxylic acids is 2. The summed E-state index contributed by atoms with van der Waals surface area (Å²) in [7, 11) is 3.11. The Hall–Kier alpha value is -3.36. The summed E-state index contributed by atoms with van der Waals surface area (Å²) in [4.78, 5) is 31.5. The first kappa shape index (κ1) is 16.5. The third-order valence-electron chi connectivity index (χ3n) is 3.53. The second kappa shape index (κ2) is 7.04. The van der Waals surface area contributed by atoms with Crippen molar-refractivity contribution in [3.8, 4) is 5.88 Å². The Balaban J connectivity index is 1.51. The van der Waals surface area contributed by atoms with E-state index in [1.54, 1.807) is 7.05 Å². The quantitative estimate of drug-likeness (QED) is 0.598. The lowest BCUT2D eigenvalue weighted by Crippen LogP contribution is -2.36. The summed E-state index contributed by atoms with van der Waals surface area (Å²) in [5.74, 6) is 0.109. The van der Waals surface area contributed by atoms with Crippen LogP contribution < -0.4 is 15.4 Å². The number of para-hydroxylation sites is 2. The summed E-state index contributed by atoms with van der Waals surface area (Å²) < 4.78 is 6.49. The second-order valence-corrected chi connectivity index (χ2v) is 5.39. The van der Waals surface area contributed by atoms with Gasteiger partial charge in [0.2, 0.25) is 11.8 Å². The zero-order chi connectivity index (χ0) is 17.8. The Morgan fingerprint density at radius 3 is 2.84 bits per heavy atom. The molecule has 0 unspecified atom stereocenters. The van der Waals surface area contributed by atoms with Crippen LogP contribution in [0.25, 0.3) is 11.0 Å². The maximum absolute atomic E-state index is 12.1. The van der Waals surface area contributed by atoms with Crippen molar-refractivity contribution in [1.82, 2.24) is 30.4 Å². The molecule has 0 aliphatic heterocycles. The molecular weight excluding hydrogens is 324 g/mol. The van der Waals surface area contributed by atoms with Crippen molar-refractivity contribution in [3.05, 3.63) is 41.9 Å². The Bertz CT molecular complexity index is 881. The molecule has 0 fully saturated rings. The van der Waals surface area contributed by atoms with Gasteiger partial charge in [-0.25, -0.2) is 4.98 Å². The van der Waals surface area contributed by atoms with E-state index in [1.165, 1.54) is 18.0 Å². The smallest absolute Gasteiger partial charge is 0.258 e. The molecule has 0 saturated carbocycles. The molecule has 25 heavy (non-hydrogen) atoms. The van der Waals surface area contributed by atoms with Crippen LogP contribution in [0.2, 0.25) is 0 Å². The van der Waals surface area contributed by atoms with Crippen LogP contribution in [0, 0.1) is 0 Å². The van der Waals surface area contributed by atoms with Crippen LogP contribution in [0.15, 0.2) is 30.5 Å². The van der Waals surface area contributed by atoms with Crippen LogP contribution >= 0.6 is 0 Å². The number of carbonyl (C=O) groups is 2. The highest BCUT2D eigenvalue weighted by Crippen LogP contribution is 2.14. The number of amides is 2. The van der Waals surface area contributed by atoms with Crippen LogP contribution in [0.4, 0.5) is 0 Å². The summed E-state index contributed by atoms with van der Waals surface area (Å²) in [6, 6.07) is 7.60. The molecule has 9 heteroatoms. The SMILES string of the molecule is COc1nn(C)cc1C(=O)NCC(=O)NCc1nc2ccccc2[nH]1. The first-order valence-electron chi connectivity index (χ1n) is 7.63. The molecule has 0 spiro atoms. The Labute approximate surface area is 143 Å². The summed E-state index contributed by atoms with van der Waals surface area (Å²) in [5, 5.41) is 9.23. The minimum atomic E-state index is -0.427. The van der Waals surface area contributed by atoms with Gasteiger partial charge in [-0.15, -0.1) is 5.10 Å². The highest BCUT2D eigenvalue weighted by Gasteiger charge is 2.17. The van der Waals surface area contributed by atoms with Crippen molar-refractivity contribution in [1.29, 1.82) is 0 Å². The summed E-state index contributed by atoms with van der Waals surface area (Å²) in [6.07, 6.45) is 1.53. The molecule has 2 aromatic heterocycles. The van der Waals surface area contributed by atoms with Gasteiger partial charge < -0.3 is 20.4 Å². The number of hydrogen-bond donors (Lipinski definition) is 3. The highest BCUT2D eigenvalue weighted by molar-refractivity contribution is 5.98. The van der Waals surface area contributed by atoms with E-state index in [0.29, 0.717) is 5.82 Å². The normalized spacial score (nSPS) is 10.6. The minimum absolute atomic E-state index is 0.156. The molecule has 9 nitrogen and oxygen atoms in total. The molecular formula is C16H18N6O3. The topological polar surface area (TPSA) is 114 Å². The molecule has 0 bridgehead atoms. The van der Waals surface area contributed by atoms with Gasteiger partial charge in [0, 0.05) is 13.2 Å². The molecule has 0 aliphatic rings. The van der Waals surface area contributed by atoms with Crippen molar-refractivity contribution in [3.63, 3.8) is 0 Å². The molecule has 0 atom stereocenters. The van der Waals surface area contributed by atoms with Gasteiger partial charge in [-0.05, 0) is 12.1 Å². The van der Waals surface area contributed by atoms with Gasteiger partial charge in [0.15, 0.2) is 0 Å². The monoisotopic (exact) mass is 342 g/mol. The van der Waals surface area contributed by atoms with E-state index in [9.17, 15) is 9.59 Å². The van der Waals surface area contributed by atoms with E-state index in [-0.39, 0.29) is 30.4 Å². The number of methoxy groups -OCH3 is 1. The van der Waals surface area contributed by atoms with Gasteiger partial charge in [0.1, 0.15) is 11.4 Å². The molecule has 0 radical (unpaired) electrons. The molecule has 130 valence electrons. The lowest BCUT2D eigenvalue weighted by atomic mass is 10.3. The van der Waals surface area contributed by atoms with Gasteiger partial charge in [0.05, 0.1) is 31.2 Å². The molecule has 0 saturated heterocycles. The molecule has 2 amide bonds.